The van der Waals surface area contributed by atoms with Gasteiger partial charge in [0.1, 0.15) is 28.1 Å². The Morgan fingerprint density at radius 1 is 1.27 bits per heavy atom. The largest absolute Gasteiger partial charge is 0.464 e. The fourth-order valence-electron chi connectivity index (χ4n) is 2.50. The van der Waals surface area contributed by atoms with Gasteiger partial charge >= 0.3 is 0 Å². The van der Waals surface area contributed by atoms with Crippen molar-refractivity contribution < 1.29 is 4.42 Å². The zero-order chi connectivity index (χ0) is 18.3. The van der Waals surface area contributed by atoms with Crippen molar-refractivity contribution in [3.05, 3.63) is 46.0 Å². The molecule has 4 heterocycles. The molecule has 4 aromatic heterocycles. The minimum absolute atomic E-state index is 0.192. The lowest BCUT2D eigenvalue weighted by molar-refractivity contribution is 0.583. The van der Waals surface area contributed by atoms with Crippen LogP contribution in [0.25, 0.3) is 21.5 Å². The third-order valence-corrected chi connectivity index (χ3v) is 5.50. The molecule has 8 nitrogen and oxygen atoms in total. The molecule has 0 amide bonds. The van der Waals surface area contributed by atoms with E-state index in [4.69, 9.17) is 15.9 Å². The van der Waals surface area contributed by atoms with Gasteiger partial charge in [-0.2, -0.15) is 0 Å². The summed E-state index contributed by atoms with van der Waals surface area (Å²) in [5.74, 6) is 1.77. The molecule has 10 heteroatoms. The van der Waals surface area contributed by atoms with E-state index < -0.39 is 0 Å². The molecule has 0 spiro atoms. The first-order valence-corrected chi connectivity index (χ1v) is 9.39. The number of thioether (sulfide) groups is 1. The highest BCUT2D eigenvalue weighted by Crippen LogP contribution is 2.34. The second-order valence-electron chi connectivity index (χ2n) is 5.52. The van der Waals surface area contributed by atoms with Crippen LogP contribution >= 0.6 is 23.1 Å². The maximum Gasteiger partial charge on any atom is 0.260 e. The number of nitrogens with one attached hydrogen (secondary N) is 1. The molecule has 0 aromatic carbocycles. The molecule has 0 aliphatic rings. The van der Waals surface area contributed by atoms with Crippen LogP contribution in [0.15, 0.2) is 44.2 Å². The van der Waals surface area contributed by atoms with Gasteiger partial charge < -0.3 is 20.9 Å². The van der Waals surface area contributed by atoms with Crippen LogP contribution in [0.3, 0.4) is 0 Å². The quantitative estimate of drug-likeness (QED) is 0.359. The van der Waals surface area contributed by atoms with E-state index in [1.807, 2.05) is 18.4 Å². The van der Waals surface area contributed by atoms with Crippen LogP contribution in [0, 0.1) is 0 Å². The summed E-state index contributed by atoms with van der Waals surface area (Å²) in [6, 6.07) is 5.09. The van der Waals surface area contributed by atoms with Gasteiger partial charge in [-0.05, 0) is 19.1 Å². The number of nitrogen functional groups attached to an aromatic ring is 2. The molecule has 132 valence electrons. The minimum atomic E-state index is -0.210. The molecule has 0 radical (unpaired) electrons. The normalized spacial score (nSPS) is 12.5. The summed E-state index contributed by atoms with van der Waals surface area (Å²) in [6.45, 7) is 1.90. The van der Waals surface area contributed by atoms with Gasteiger partial charge in [-0.3, -0.25) is 4.79 Å². The molecule has 26 heavy (non-hydrogen) atoms. The van der Waals surface area contributed by atoms with Crippen LogP contribution in [0.5, 0.6) is 0 Å². The molecule has 0 saturated carbocycles. The third kappa shape index (κ3) is 3.04. The lowest BCUT2D eigenvalue weighted by atomic mass is 10.2. The number of anilines is 2. The van der Waals surface area contributed by atoms with Gasteiger partial charge in [-0.1, -0.05) is 11.8 Å². The van der Waals surface area contributed by atoms with Crippen molar-refractivity contribution in [2.24, 2.45) is 0 Å². The number of furan rings is 1. The predicted octanol–water partition coefficient (Wildman–Crippen LogP) is 3.05. The number of thiophene rings is 1. The summed E-state index contributed by atoms with van der Waals surface area (Å²) in [5, 5.41) is 2.63. The first-order chi connectivity index (χ1) is 12.5. The topological polar surface area (TPSA) is 137 Å². The van der Waals surface area contributed by atoms with Crippen LogP contribution in [0.2, 0.25) is 0 Å². The van der Waals surface area contributed by atoms with Crippen molar-refractivity contribution >= 4 is 45.0 Å². The summed E-state index contributed by atoms with van der Waals surface area (Å²) >= 11 is 2.72. The van der Waals surface area contributed by atoms with E-state index in [1.165, 1.54) is 29.2 Å². The maximum absolute atomic E-state index is 12.6. The Morgan fingerprint density at radius 3 is 2.73 bits per heavy atom. The number of aromatic amines is 1. The van der Waals surface area contributed by atoms with Gasteiger partial charge in [0.2, 0.25) is 0 Å². The zero-order valence-electron chi connectivity index (χ0n) is 13.6. The molecular weight excluding hydrogens is 372 g/mol. The second-order valence-corrected chi connectivity index (χ2v) is 7.68. The number of nitrogens with zero attached hydrogens (tertiary/aromatic N) is 3. The molecule has 4 rings (SSSR count). The van der Waals surface area contributed by atoms with Crippen LogP contribution in [-0.4, -0.2) is 19.9 Å². The van der Waals surface area contributed by atoms with Gasteiger partial charge in [0, 0.05) is 17.0 Å². The average Bonchev–Trinajstić information content (AvgIpc) is 3.22. The van der Waals surface area contributed by atoms with Crippen molar-refractivity contribution in [3.8, 4) is 11.3 Å². The highest BCUT2D eigenvalue weighted by molar-refractivity contribution is 7.99. The van der Waals surface area contributed by atoms with Crippen molar-refractivity contribution in [2.45, 2.75) is 17.3 Å². The Morgan fingerprint density at radius 2 is 2.04 bits per heavy atom. The van der Waals surface area contributed by atoms with Gasteiger partial charge in [0.25, 0.3) is 5.56 Å². The Bertz CT molecular complexity index is 1120. The number of hydrogen-bond acceptors (Lipinski definition) is 9. The molecule has 0 bridgehead atoms. The Labute approximate surface area is 155 Å². The first kappa shape index (κ1) is 16.6. The minimum Gasteiger partial charge on any atom is -0.464 e. The maximum atomic E-state index is 12.6. The molecule has 1 unspecified atom stereocenters. The van der Waals surface area contributed by atoms with Gasteiger partial charge in [-0.25, -0.2) is 15.0 Å². The molecule has 5 N–H and O–H groups in total. The summed E-state index contributed by atoms with van der Waals surface area (Å²) in [6.07, 6.45) is 1.57. The Kier molecular flexibility index (Phi) is 4.13. The third-order valence-electron chi connectivity index (χ3n) is 3.66. The molecule has 0 aliphatic heterocycles. The second kappa shape index (κ2) is 6.46. The van der Waals surface area contributed by atoms with Crippen LogP contribution in [-0.2, 0) is 0 Å². The fourth-order valence-corrected chi connectivity index (χ4v) is 4.29. The summed E-state index contributed by atoms with van der Waals surface area (Å²) in [7, 11) is 0. The number of fused-ring (bicyclic) bond motifs is 1. The predicted molar refractivity (Wildman–Crippen MR) is 103 cm³/mol. The molecule has 0 aliphatic carbocycles. The van der Waals surface area contributed by atoms with E-state index in [9.17, 15) is 4.79 Å². The van der Waals surface area contributed by atoms with E-state index in [2.05, 4.69) is 19.9 Å². The van der Waals surface area contributed by atoms with Crippen molar-refractivity contribution in [2.75, 3.05) is 11.5 Å². The fraction of sp³-hybridized carbons (Fsp3) is 0.125. The molecular formula is C16H14N6O2S2. The van der Waals surface area contributed by atoms with Crippen LogP contribution in [0.1, 0.15) is 18.0 Å². The van der Waals surface area contributed by atoms with Crippen molar-refractivity contribution in [3.63, 3.8) is 0 Å². The smallest absolute Gasteiger partial charge is 0.260 e. The highest BCUT2D eigenvalue weighted by Gasteiger charge is 2.18. The number of rotatable bonds is 4. The van der Waals surface area contributed by atoms with Gasteiger partial charge in [0.15, 0.2) is 5.16 Å². The molecule has 0 saturated heterocycles. The van der Waals surface area contributed by atoms with E-state index >= 15 is 0 Å². The average molecular weight is 386 g/mol. The van der Waals surface area contributed by atoms with Crippen LogP contribution < -0.4 is 17.0 Å². The van der Waals surface area contributed by atoms with Crippen LogP contribution in [0.4, 0.5) is 11.6 Å². The Balaban J connectivity index is 1.70. The van der Waals surface area contributed by atoms with Gasteiger partial charge in [-0.15, -0.1) is 11.3 Å². The lowest BCUT2D eigenvalue weighted by Gasteiger charge is -2.10. The van der Waals surface area contributed by atoms with Gasteiger partial charge in [0.05, 0.1) is 16.9 Å². The SMILES string of the molecule is CC(Sc1nc(N)cc(N)n1)c1nc2scc(-c3ccco3)c2c(=O)[nH]1. The van der Waals surface area contributed by atoms with E-state index in [1.54, 1.807) is 12.3 Å². The summed E-state index contributed by atoms with van der Waals surface area (Å²) in [4.78, 5) is 29.0. The number of H-pyrrole nitrogens is 1. The standard InChI is InChI=1S/C16H14N6O2S2/c1-7(26-16-19-10(17)5-11(18)20-16)13-21-14(23)12-8(6-25-15(12)22-13)9-3-2-4-24-9/h2-7H,1H3,(H,21,22,23)(H4,17,18,19,20). The van der Waals surface area contributed by atoms with E-state index in [-0.39, 0.29) is 10.8 Å². The molecule has 4 aromatic rings. The Hall–Kier alpha value is -2.85. The number of nitrogens with two attached hydrogens (primary N) is 2. The van der Waals surface area contributed by atoms with Crippen molar-refractivity contribution in [1.29, 1.82) is 0 Å². The summed E-state index contributed by atoms with van der Waals surface area (Å²) in [5.41, 5.74) is 11.9. The first-order valence-electron chi connectivity index (χ1n) is 7.63. The van der Waals surface area contributed by atoms with Crippen molar-refractivity contribution in [1.82, 2.24) is 19.9 Å². The number of hydrogen-bond donors (Lipinski definition) is 3. The summed E-state index contributed by atoms with van der Waals surface area (Å²) < 4.78 is 5.40. The molecule has 1 atom stereocenters. The van der Waals surface area contributed by atoms with E-state index in [0.29, 0.717) is 38.6 Å². The monoisotopic (exact) mass is 386 g/mol. The lowest BCUT2D eigenvalue weighted by Crippen LogP contribution is -2.12. The highest BCUT2D eigenvalue weighted by atomic mass is 32.2. The molecule has 0 fully saturated rings. The van der Waals surface area contributed by atoms with E-state index in [0.717, 1.165) is 5.56 Å². The number of aromatic nitrogens is 4. The zero-order valence-corrected chi connectivity index (χ0v) is 15.2.